The Bertz CT molecular complexity index is 525. The molecule has 17 heavy (non-hydrogen) atoms. The molecule has 0 aliphatic rings. The molecule has 0 atom stereocenters. The van der Waals surface area contributed by atoms with Gasteiger partial charge in [-0.05, 0) is 30.3 Å². The van der Waals surface area contributed by atoms with Gasteiger partial charge in [0.1, 0.15) is 5.82 Å². The van der Waals surface area contributed by atoms with Crippen LogP contribution < -0.4 is 4.90 Å². The smallest absolute Gasteiger partial charge is 0.258 e. The van der Waals surface area contributed by atoms with E-state index in [1.54, 1.807) is 43.4 Å². The average Bonchev–Trinajstić information content (AvgIpc) is 2.38. The van der Waals surface area contributed by atoms with Crippen molar-refractivity contribution < 1.29 is 9.18 Å². The van der Waals surface area contributed by atoms with E-state index in [0.717, 1.165) is 0 Å². The number of carbonyl (C=O) groups excluding carboxylic acids is 1. The van der Waals surface area contributed by atoms with Crippen molar-refractivity contribution in [2.75, 3.05) is 11.9 Å². The predicted molar refractivity (Wildman–Crippen MR) is 65.6 cm³/mol. The van der Waals surface area contributed by atoms with Crippen LogP contribution >= 0.6 is 0 Å². The number of carbonyl (C=O) groups is 1. The quantitative estimate of drug-likeness (QED) is 0.774. The minimum Gasteiger partial charge on any atom is -0.311 e. The molecule has 0 bridgehead atoms. The van der Waals surface area contributed by atoms with Crippen LogP contribution in [0.4, 0.5) is 10.1 Å². The zero-order chi connectivity index (χ0) is 12.3. The normalized spacial score (nSPS) is 10.0. The van der Waals surface area contributed by atoms with E-state index in [4.69, 9.17) is 0 Å². The topological polar surface area (TPSA) is 20.3 Å². The van der Waals surface area contributed by atoms with Crippen molar-refractivity contribution in [1.29, 1.82) is 0 Å². The van der Waals surface area contributed by atoms with Crippen molar-refractivity contribution in [2.45, 2.75) is 0 Å². The summed E-state index contributed by atoms with van der Waals surface area (Å²) in [4.78, 5) is 13.5. The van der Waals surface area contributed by atoms with Crippen molar-refractivity contribution in [3.05, 3.63) is 66.0 Å². The van der Waals surface area contributed by atoms with Crippen LogP contribution in [0.2, 0.25) is 0 Å². The lowest BCUT2D eigenvalue weighted by Crippen LogP contribution is -2.26. The first kappa shape index (κ1) is 11.3. The average molecular weight is 229 g/mol. The van der Waals surface area contributed by atoms with Crippen molar-refractivity contribution in [1.82, 2.24) is 0 Å². The molecule has 0 fully saturated rings. The second kappa shape index (κ2) is 4.78. The number of nitrogens with zero attached hydrogens (tertiary/aromatic N) is 1. The van der Waals surface area contributed by atoms with Crippen LogP contribution in [0.3, 0.4) is 0 Å². The summed E-state index contributed by atoms with van der Waals surface area (Å²) in [5, 5.41) is 0. The summed E-state index contributed by atoms with van der Waals surface area (Å²) >= 11 is 0. The molecule has 2 nitrogen and oxygen atoms in total. The van der Waals surface area contributed by atoms with Gasteiger partial charge in [0, 0.05) is 18.3 Å². The van der Waals surface area contributed by atoms with Gasteiger partial charge in [-0.1, -0.05) is 24.3 Å². The molecule has 0 aromatic heterocycles. The van der Waals surface area contributed by atoms with E-state index in [-0.39, 0.29) is 11.7 Å². The summed E-state index contributed by atoms with van der Waals surface area (Å²) < 4.78 is 13.1. The Hall–Kier alpha value is -2.16. The van der Waals surface area contributed by atoms with Gasteiger partial charge in [-0.25, -0.2) is 4.39 Å². The lowest BCUT2D eigenvalue weighted by molar-refractivity contribution is 0.0993. The first-order valence-corrected chi connectivity index (χ1v) is 5.27. The Morgan fingerprint density at radius 3 is 2.41 bits per heavy atom. The largest absolute Gasteiger partial charge is 0.311 e. The van der Waals surface area contributed by atoms with Crippen LogP contribution in [-0.2, 0) is 0 Å². The molecular formula is C14H12FNO. The summed E-state index contributed by atoms with van der Waals surface area (Å²) in [6, 6.07) is 14.9. The molecule has 0 aliphatic carbocycles. The highest BCUT2D eigenvalue weighted by molar-refractivity contribution is 6.05. The third kappa shape index (κ3) is 2.50. The number of benzene rings is 2. The zero-order valence-electron chi connectivity index (χ0n) is 9.43. The lowest BCUT2D eigenvalue weighted by atomic mass is 10.2. The Morgan fingerprint density at radius 1 is 1.06 bits per heavy atom. The monoisotopic (exact) mass is 229 g/mol. The van der Waals surface area contributed by atoms with Gasteiger partial charge in [-0.2, -0.15) is 0 Å². The van der Waals surface area contributed by atoms with Gasteiger partial charge in [0.25, 0.3) is 5.91 Å². The van der Waals surface area contributed by atoms with E-state index < -0.39 is 0 Å². The van der Waals surface area contributed by atoms with Gasteiger partial charge in [0.05, 0.1) is 0 Å². The molecule has 0 saturated carbocycles. The van der Waals surface area contributed by atoms with E-state index in [2.05, 4.69) is 0 Å². The second-order valence-electron chi connectivity index (χ2n) is 3.71. The van der Waals surface area contributed by atoms with Crippen LogP contribution in [-0.4, -0.2) is 13.0 Å². The Balaban J connectivity index is 2.27. The summed E-state index contributed by atoms with van der Waals surface area (Å²) in [7, 11) is 1.63. The van der Waals surface area contributed by atoms with E-state index in [9.17, 15) is 9.18 Å². The number of anilines is 1. The number of rotatable bonds is 2. The number of halogens is 1. The fraction of sp³-hybridized carbons (Fsp3) is 0.0714. The molecule has 2 aromatic carbocycles. The van der Waals surface area contributed by atoms with Crippen molar-refractivity contribution in [3.63, 3.8) is 0 Å². The molecule has 3 heteroatoms. The van der Waals surface area contributed by atoms with Crippen molar-refractivity contribution in [2.24, 2.45) is 0 Å². The molecule has 0 aliphatic heterocycles. The fourth-order valence-electron chi connectivity index (χ4n) is 1.58. The Labute approximate surface area is 99.3 Å². The third-order valence-electron chi connectivity index (χ3n) is 2.52. The Kier molecular flexibility index (Phi) is 3.19. The van der Waals surface area contributed by atoms with Crippen LogP contribution in [0.15, 0.2) is 54.6 Å². The fourth-order valence-corrected chi connectivity index (χ4v) is 1.58. The molecular weight excluding hydrogens is 217 g/mol. The maximum atomic E-state index is 13.1. The van der Waals surface area contributed by atoms with Gasteiger partial charge >= 0.3 is 0 Å². The number of amides is 1. The standard InChI is InChI=1S/C14H12FNO/c1-16(13-9-5-8-12(15)10-13)14(17)11-6-3-2-4-7-11/h2-10H,1H3. The molecule has 0 saturated heterocycles. The summed E-state index contributed by atoms with van der Waals surface area (Å²) in [6.45, 7) is 0. The van der Waals surface area contributed by atoms with Crippen molar-refractivity contribution in [3.8, 4) is 0 Å². The van der Waals surface area contributed by atoms with Gasteiger partial charge in [0.15, 0.2) is 0 Å². The summed E-state index contributed by atoms with van der Waals surface area (Å²) in [5.74, 6) is -0.508. The van der Waals surface area contributed by atoms with Gasteiger partial charge in [0.2, 0.25) is 0 Å². The van der Waals surface area contributed by atoms with E-state index in [1.165, 1.54) is 17.0 Å². The van der Waals surface area contributed by atoms with E-state index in [1.807, 2.05) is 6.07 Å². The van der Waals surface area contributed by atoms with Crippen LogP contribution in [0, 0.1) is 5.82 Å². The first-order valence-electron chi connectivity index (χ1n) is 5.27. The minimum atomic E-state index is -0.352. The first-order chi connectivity index (χ1) is 8.18. The third-order valence-corrected chi connectivity index (χ3v) is 2.52. The lowest BCUT2D eigenvalue weighted by Gasteiger charge is -2.17. The molecule has 2 aromatic rings. The number of hydrogen-bond acceptors (Lipinski definition) is 1. The Morgan fingerprint density at radius 2 is 1.76 bits per heavy atom. The van der Waals surface area contributed by atoms with Crippen molar-refractivity contribution >= 4 is 11.6 Å². The second-order valence-corrected chi connectivity index (χ2v) is 3.71. The van der Waals surface area contributed by atoms with Crippen LogP contribution in [0.1, 0.15) is 10.4 Å². The predicted octanol–water partition coefficient (Wildman–Crippen LogP) is 3.10. The maximum Gasteiger partial charge on any atom is 0.258 e. The van der Waals surface area contributed by atoms with E-state index >= 15 is 0 Å². The molecule has 0 radical (unpaired) electrons. The molecule has 0 N–H and O–H groups in total. The maximum absolute atomic E-state index is 13.1. The van der Waals surface area contributed by atoms with Gasteiger partial charge in [-0.15, -0.1) is 0 Å². The van der Waals surface area contributed by atoms with Crippen LogP contribution in [0.5, 0.6) is 0 Å². The molecule has 86 valence electrons. The summed E-state index contributed by atoms with van der Waals surface area (Å²) in [6.07, 6.45) is 0. The van der Waals surface area contributed by atoms with Crippen LogP contribution in [0.25, 0.3) is 0 Å². The summed E-state index contributed by atoms with van der Waals surface area (Å²) in [5.41, 5.74) is 1.12. The van der Waals surface area contributed by atoms with E-state index in [0.29, 0.717) is 11.3 Å². The zero-order valence-corrected chi connectivity index (χ0v) is 9.43. The molecule has 0 unspecified atom stereocenters. The highest BCUT2D eigenvalue weighted by atomic mass is 19.1. The minimum absolute atomic E-state index is 0.156. The number of hydrogen-bond donors (Lipinski definition) is 0. The molecule has 1 amide bonds. The molecule has 0 spiro atoms. The highest BCUT2D eigenvalue weighted by Gasteiger charge is 2.12. The SMILES string of the molecule is CN(C(=O)c1ccccc1)c1cccc(F)c1. The van der Waals surface area contributed by atoms with Gasteiger partial charge < -0.3 is 4.90 Å². The molecule has 2 rings (SSSR count). The van der Waals surface area contributed by atoms with Gasteiger partial charge in [-0.3, -0.25) is 4.79 Å². The molecule has 0 heterocycles. The highest BCUT2D eigenvalue weighted by Crippen LogP contribution is 2.16.